The summed E-state index contributed by atoms with van der Waals surface area (Å²) < 4.78 is 0. The third-order valence-electron chi connectivity index (χ3n) is 4.47. The Labute approximate surface area is 194 Å². The molecule has 0 aliphatic rings. The van der Waals surface area contributed by atoms with Gasteiger partial charge in [-0.3, -0.25) is 19.7 Å². The first-order valence-electron chi connectivity index (χ1n) is 9.74. The van der Waals surface area contributed by atoms with Gasteiger partial charge in [-0.2, -0.15) is 0 Å². The minimum absolute atomic E-state index is 0.0407. The zero-order valence-electron chi connectivity index (χ0n) is 17.1. The van der Waals surface area contributed by atoms with Crippen LogP contribution in [0.1, 0.15) is 23.7 Å². The van der Waals surface area contributed by atoms with E-state index in [1.165, 1.54) is 36.0 Å². The summed E-state index contributed by atoms with van der Waals surface area (Å²) in [4.78, 5) is 36.2. The molecule has 0 aromatic heterocycles. The van der Waals surface area contributed by atoms with Gasteiger partial charge in [0.2, 0.25) is 5.91 Å². The maximum absolute atomic E-state index is 12.7. The highest BCUT2D eigenvalue weighted by Gasteiger charge is 2.19. The molecule has 3 aromatic carbocycles. The Kier molecular flexibility index (Phi) is 7.86. The number of nitrogens with zero attached hydrogens (tertiary/aromatic N) is 1. The number of thioether (sulfide) groups is 1. The van der Waals surface area contributed by atoms with E-state index >= 15 is 0 Å². The highest BCUT2D eigenvalue weighted by Crippen LogP contribution is 2.29. The van der Waals surface area contributed by atoms with Crippen LogP contribution in [-0.4, -0.2) is 22.0 Å². The predicted molar refractivity (Wildman–Crippen MR) is 128 cm³/mol. The van der Waals surface area contributed by atoms with Crippen LogP contribution in [0.4, 0.5) is 17.1 Å². The van der Waals surface area contributed by atoms with Crippen LogP contribution in [0.3, 0.4) is 0 Å². The Morgan fingerprint density at radius 1 is 1.00 bits per heavy atom. The van der Waals surface area contributed by atoms with Crippen molar-refractivity contribution in [3.63, 3.8) is 0 Å². The van der Waals surface area contributed by atoms with E-state index in [0.29, 0.717) is 28.4 Å². The van der Waals surface area contributed by atoms with Gasteiger partial charge in [-0.1, -0.05) is 30.7 Å². The first kappa shape index (κ1) is 23.3. The molecule has 2 N–H and O–H groups in total. The van der Waals surface area contributed by atoms with Crippen molar-refractivity contribution in [1.29, 1.82) is 0 Å². The molecule has 1 atom stereocenters. The van der Waals surface area contributed by atoms with Crippen molar-refractivity contribution in [1.82, 2.24) is 0 Å². The topological polar surface area (TPSA) is 101 Å². The third kappa shape index (κ3) is 6.32. The third-order valence-corrected chi connectivity index (χ3v) is 6.06. The minimum Gasteiger partial charge on any atom is -0.325 e. The smallest absolute Gasteiger partial charge is 0.269 e. The van der Waals surface area contributed by atoms with Crippen LogP contribution in [0.2, 0.25) is 5.02 Å². The van der Waals surface area contributed by atoms with Crippen molar-refractivity contribution in [2.75, 3.05) is 10.6 Å². The fourth-order valence-electron chi connectivity index (χ4n) is 2.86. The largest absolute Gasteiger partial charge is 0.325 e. The van der Waals surface area contributed by atoms with E-state index < -0.39 is 4.92 Å². The number of carbonyl (C=O) groups is 2. The lowest BCUT2D eigenvalue weighted by Gasteiger charge is -2.15. The number of non-ortho nitro benzene ring substituents is 1. The van der Waals surface area contributed by atoms with E-state index in [1.807, 2.05) is 13.0 Å². The maximum atomic E-state index is 12.7. The van der Waals surface area contributed by atoms with Crippen molar-refractivity contribution in [2.45, 2.75) is 23.5 Å². The molecular weight excluding hydrogens is 450 g/mol. The van der Waals surface area contributed by atoms with Crippen molar-refractivity contribution < 1.29 is 14.5 Å². The molecule has 0 saturated heterocycles. The molecule has 0 saturated carbocycles. The second-order valence-electron chi connectivity index (χ2n) is 6.80. The second kappa shape index (κ2) is 10.8. The molecule has 1 unspecified atom stereocenters. The van der Waals surface area contributed by atoms with E-state index in [2.05, 4.69) is 10.6 Å². The molecule has 164 valence electrons. The van der Waals surface area contributed by atoms with Crippen LogP contribution in [-0.2, 0) is 4.79 Å². The van der Waals surface area contributed by atoms with Gasteiger partial charge in [0.05, 0.1) is 10.2 Å². The summed E-state index contributed by atoms with van der Waals surface area (Å²) in [6, 6.07) is 19.6. The van der Waals surface area contributed by atoms with Crippen molar-refractivity contribution >= 4 is 52.2 Å². The standard InChI is InChI=1S/C23H20ClN3O4S/c1-2-21(23(29)25-17-9-11-19(12-10-17)27(30)31)32-20-8-4-7-18(14-20)26-22(28)15-5-3-6-16(24)13-15/h3-14,21H,2H2,1H3,(H,25,29)(H,26,28). The zero-order chi connectivity index (χ0) is 23.1. The van der Waals surface area contributed by atoms with Crippen molar-refractivity contribution in [2.24, 2.45) is 0 Å². The lowest BCUT2D eigenvalue weighted by molar-refractivity contribution is -0.384. The van der Waals surface area contributed by atoms with E-state index in [0.717, 1.165) is 4.90 Å². The number of benzene rings is 3. The summed E-state index contributed by atoms with van der Waals surface area (Å²) in [5.74, 6) is -0.489. The van der Waals surface area contributed by atoms with Crippen LogP contribution in [0.5, 0.6) is 0 Å². The van der Waals surface area contributed by atoms with Gasteiger partial charge < -0.3 is 10.6 Å². The van der Waals surface area contributed by atoms with Crippen LogP contribution >= 0.6 is 23.4 Å². The monoisotopic (exact) mass is 469 g/mol. The van der Waals surface area contributed by atoms with E-state index in [-0.39, 0.29) is 22.8 Å². The molecule has 32 heavy (non-hydrogen) atoms. The summed E-state index contributed by atoms with van der Waals surface area (Å²) >= 11 is 7.32. The molecule has 7 nitrogen and oxygen atoms in total. The number of carbonyl (C=O) groups excluding carboxylic acids is 2. The number of anilines is 2. The van der Waals surface area contributed by atoms with E-state index in [1.54, 1.807) is 42.5 Å². The van der Waals surface area contributed by atoms with Gasteiger partial charge >= 0.3 is 0 Å². The van der Waals surface area contributed by atoms with Crippen molar-refractivity contribution in [3.05, 3.63) is 93.5 Å². The van der Waals surface area contributed by atoms with Crippen LogP contribution in [0, 0.1) is 10.1 Å². The quantitative estimate of drug-likeness (QED) is 0.239. The van der Waals surface area contributed by atoms with Gasteiger partial charge in [0.25, 0.3) is 11.6 Å². The minimum atomic E-state index is -0.492. The maximum Gasteiger partial charge on any atom is 0.269 e. The van der Waals surface area contributed by atoms with Gasteiger partial charge in [-0.25, -0.2) is 0 Å². The summed E-state index contributed by atoms with van der Waals surface area (Å²) in [6.45, 7) is 1.90. The molecule has 0 bridgehead atoms. The Bertz CT molecular complexity index is 1140. The molecule has 0 fully saturated rings. The van der Waals surface area contributed by atoms with Gasteiger partial charge in [0.1, 0.15) is 0 Å². The highest BCUT2D eigenvalue weighted by molar-refractivity contribution is 8.00. The summed E-state index contributed by atoms with van der Waals surface area (Å²) in [5.41, 5.74) is 1.50. The molecule has 0 radical (unpaired) electrons. The number of nitrogens with one attached hydrogen (secondary N) is 2. The van der Waals surface area contributed by atoms with Gasteiger partial charge in [0.15, 0.2) is 0 Å². The summed E-state index contributed by atoms with van der Waals surface area (Å²) in [5, 5.41) is 16.5. The van der Waals surface area contributed by atoms with Crippen LogP contribution in [0.15, 0.2) is 77.7 Å². The number of amides is 2. The molecule has 0 aliphatic heterocycles. The van der Waals surface area contributed by atoms with Gasteiger partial charge in [-0.15, -0.1) is 11.8 Å². The Morgan fingerprint density at radius 3 is 2.38 bits per heavy atom. The molecule has 0 aliphatic carbocycles. The summed E-state index contributed by atoms with van der Waals surface area (Å²) in [6.07, 6.45) is 0.572. The highest BCUT2D eigenvalue weighted by atomic mass is 35.5. The predicted octanol–water partition coefficient (Wildman–Crippen LogP) is 6.01. The van der Waals surface area contributed by atoms with E-state index in [4.69, 9.17) is 11.6 Å². The normalized spacial score (nSPS) is 11.4. The fraction of sp³-hybridized carbons (Fsp3) is 0.130. The number of nitro benzene ring substituents is 1. The molecule has 3 rings (SSSR count). The first-order chi connectivity index (χ1) is 15.4. The molecule has 3 aromatic rings. The average molecular weight is 470 g/mol. The van der Waals surface area contributed by atoms with Crippen LogP contribution < -0.4 is 10.6 Å². The fourth-order valence-corrected chi connectivity index (χ4v) is 4.06. The molecule has 0 heterocycles. The average Bonchev–Trinajstić information content (AvgIpc) is 2.78. The zero-order valence-corrected chi connectivity index (χ0v) is 18.7. The van der Waals surface area contributed by atoms with Gasteiger partial charge in [0, 0.05) is 39.0 Å². The number of rotatable bonds is 8. The molecule has 0 spiro atoms. The molecular formula is C23H20ClN3O4S. The second-order valence-corrected chi connectivity index (χ2v) is 8.51. The number of halogens is 1. The molecule has 9 heteroatoms. The number of nitro groups is 1. The lowest BCUT2D eigenvalue weighted by atomic mass is 10.2. The van der Waals surface area contributed by atoms with E-state index in [9.17, 15) is 19.7 Å². The SMILES string of the molecule is CCC(Sc1cccc(NC(=O)c2cccc(Cl)c2)c1)C(=O)Nc1ccc([N+](=O)[O-])cc1. The Balaban J connectivity index is 1.65. The number of hydrogen-bond donors (Lipinski definition) is 2. The summed E-state index contributed by atoms with van der Waals surface area (Å²) in [7, 11) is 0. The van der Waals surface area contributed by atoms with Gasteiger partial charge in [-0.05, 0) is 55.0 Å². The van der Waals surface area contributed by atoms with Crippen molar-refractivity contribution in [3.8, 4) is 0 Å². The molecule has 2 amide bonds. The van der Waals surface area contributed by atoms with Crippen LogP contribution in [0.25, 0.3) is 0 Å². The Morgan fingerprint density at radius 2 is 1.72 bits per heavy atom. The number of hydrogen-bond acceptors (Lipinski definition) is 5. The lowest BCUT2D eigenvalue weighted by Crippen LogP contribution is -2.24. The first-order valence-corrected chi connectivity index (χ1v) is 11.0. The Hall–Kier alpha value is -3.36.